The fourth-order valence-corrected chi connectivity index (χ4v) is 1.46. The number of nitrogen functional groups attached to an aromatic ring is 1. The summed E-state index contributed by atoms with van der Waals surface area (Å²) in [4.78, 5) is 15.8. The van der Waals surface area contributed by atoms with Crippen LogP contribution < -0.4 is 11.1 Å². The number of hydrogen-bond donors (Lipinski definition) is 2. The van der Waals surface area contributed by atoms with Crippen LogP contribution in [0.2, 0.25) is 0 Å². The minimum absolute atomic E-state index is 0.0141. The third kappa shape index (κ3) is 2.63. The van der Waals surface area contributed by atoms with E-state index in [4.69, 9.17) is 5.73 Å². The molecule has 0 atom stereocenters. The lowest BCUT2D eigenvalue weighted by molar-refractivity contribution is 0.102. The number of aromatic nitrogens is 1. The van der Waals surface area contributed by atoms with Gasteiger partial charge >= 0.3 is 0 Å². The predicted molar refractivity (Wildman–Crippen MR) is 67.7 cm³/mol. The number of hydrogen-bond acceptors (Lipinski definition) is 3. The molecule has 2 aromatic rings. The van der Waals surface area contributed by atoms with E-state index in [2.05, 4.69) is 10.3 Å². The van der Waals surface area contributed by atoms with Crippen molar-refractivity contribution in [3.63, 3.8) is 0 Å². The van der Waals surface area contributed by atoms with Gasteiger partial charge in [-0.2, -0.15) is 0 Å². The highest BCUT2D eigenvalue weighted by atomic mass is 19.1. The maximum absolute atomic E-state index is 13.2. The van der Waals surface area contributed by atoms with Crippen molar-refractivity contribution in [3.8, 4) is 0 Å². The molecule has 0 aliphatic rings. The highest BCUT2D eigenvalue weighted by Gasteiger charge is 2.09. The van der Waals surface area contributed by atoms with Gasteiger partial charge in [0.1, 0.15) is 11.6 Å². The maximum Gasteiger partial charge on any atom is 0.256 e. The second kappa shape index (κ2) is 4.83. The first-order valence-corrected chi connectivity index (χ1v) is 5.35. The fraction of sp³-hybridized carbons (Fsp3) is 0.0769. The Morgan fingerprint density at radius 1 is 1.33 bits per heavy atom. The molecular formula is C13H12FN3O. The van der Waals surface area contributed by atoms with E-state index in [1.54, 1.807) is 12.3 Å². The van der Waals surface area contributed by atoms with E-state index in [1.165, 1.54) is 12.1 Å². The Kier molecular flexibility index (Phi) is 3.23. The minimum atomic E-state index is -0.611. The molecule has 1 aromatic heterocycles. The second-order valence-corrected chi connectivity index (χ2v) is 3.91. The van der Waals surface area contributed by atoms with Gasteiger partial charge in [-0.25, -0.2) is 9.37 Å². The Morgan fingerprint density at radius 3 is 2.78 bits per heavy atom. The first-order chi connectivity index (χ1) is 8.56. The summed E-state index contributed by atoms with van der Waals surface area (Å²) in [5, 5.41) is 2.59. The van der Waals surface area contributed by atoms with Crippen molar-refractivity contribution in [2.45, 2.75) is 6.92 Å². The number of nitrogens with two attached hydrogens (primary N) is 1. The van der Waals surface area contributed by atoms with E-state index >= 15 is 0 Å². The monoisotopic (exact) mass is 245 g/mol. The number of rotatable bonds is 2. The Hall–Kier alpha value is -2.43. The Morgan fingerprint density at radius 2 is 2.11 bits per heavy atom. The van der Waals surface area contributed by atoms with Crippen molar-refractivity contribution in [3.05, 3.63) is 53.5 Å². The average molecular weight is 245 g/mol. The zero-order valence-corrected chi connectivity index (χ0v) is 9.77. The van der Waals surface area contributed by atoms with Crippen molar-refractivity contribution < 1.29 is 9.18 Å². The van der Waals surface area contributed by atoms with Crippen LogP contribution in [0.1, 0.15) is 15.9 Å². The summed E-state index contributed by atoms with van der Waals surface area (Å²) in [5.74, 6) is -0.607. The summed E-state index contributed by atoms with van der Waals surface area (Å²) in [6.07, 6.45) is 1.59. The van der Waals surface area contributed by atoms with Crippen LogP contribution in [0, 0.1) is 12.7 Å². The Balaban J connectivity index is 2.19. The van der Waals surface area contributed by atoms with E-state index in [-0.39, 0.29) is 11.3 Å². The highest BCUT2D eigenvalue weighted by molar-refractivity contribution is 6.03. The number of carbonyl (C=O) groups is 1. The largest absolute Gasteiger partial charge is 0.396 e. The molecule has 0 saturated carbocycles. The molecule has 0 saturated heterocycles. The quantitative estimate of drug-likeness (QED) is 0.798. The molecular weight excluding hydrogens is 233 g/mol. The van der Waals surface area contributed by atoms with Gasteiger partial charge in [-0.1, -0.05) is 0 Å². The van der Waals surface area contributed by atoms with E-state index in [1.807, 2.05) is 13.0 Å². The van der Waals surface area contributed by atoms with Crippen LogP contribution in [0.15, 0.2) is 36.5 Å². The number of amides is 1. The zero-order chi connectivity index (χ0) is 13.1. The number of nitrogens with zero attached hydrogens (tertiary/aromatic N) is 1. The zero-order valence-electron chi connectivity index (χ0n) is 9.77. The number of benzene rings is 1. The lowest BCUT2D eigenvalue weighted by atomic mass is 10.2. The third-order valence-corrected chi connectivity index (χ3v) is 2.42. The fourth-order valence-electron chi connectivity index (χ4n) is 1.46. The summed E-state index contributed by atoms with van der Waals surface area (Å²) < 4.78 is 13.2. The van der Waals surface area contributed by atoms with Crippen LogP contribution in [0.25, 0.3) is 0 Å². The molecule has 1 amide bonds. The molecule has 5 heteroatoms. The predicted octanol–water partition coefficient (Wildman–Crippen LogP) is 2.36. The summed E-state index contributed by atoms with van der Waals surface area (Å²) in [7, 11) is 0. The molecule has 3 N–H and O–H groups in total. The molecule has 1 aromatic carbocycles. The molecule has 2 rings (SSSR count). The second-order valence-electron chi connectivity index (χ2n) is 3.91. The average Bonchev–Trinajstić information content (AvgIpc) is 2.32. The molecule has 0 fully saturated rings. The van der Waals surface area contributed by atoms with Gasteiger partial charge < -0.3 is 11.1 Å². The minimum Gasteiger partial charge on any atom is -0.396 e. The van der Waals surface area contributed by atoms with Crippen LogP contribution in [0.4, 0.5) is 15.9 Å². The smallest absolute Gasteiger partial charge is 0.256 e. The first kappa shape index (κ1) is 12.0. The van der Waals surface area contributed by atoms with Crippen molar-refractivity contribution in [1.29, 1.82) is 0 Å². The maximum atomic E-state index is 13.2. The normalized spacial score (nSPS) is 10.1. The van der Waals surface area contributed by atoms with Crippen molar-refractivity contribution in [1.82, 2.24) is 4.98 Å². The van der Waals surface area contributed by atoms with Gasteiger partial charge in [-0.3, -0.25) is 4.79 Å². The number of anilines is 2. The van der Waals surface area contributed by atoms with Crippen molar-refractivity contribution in [2.75, 3.05) is 11.1 Å². The SMILES string of the molecule is Cc1ccnc(NC(=O)c2ccc(N)c(F)c2)c1. The molecule has 4 nitrogen and oxygen atoms in total. The molecule has 18 heavy (non-hydrogen) atoms. The Labute approximate surface area is 104 Å². The lowest BCUT2D eigenvalue weighted by Gasteiger charge is -2.05. The molecule has 0 spiro atoms. The van der Waals surface area contributed by atoms with Gasteiger partial charge in [-0.05, 0) is 42.8 Å². The van der Waals surface area contributed by atoms with Crippen LogP contribution in [-0.2, 0) is 0 Å². The molecule has 0 unspecified atom stereocenters. The summed E-state index contributed by atoms with van der Waals surface area (Å²) >= 11 is 0. The van der Waals surface area contributed by atoms with E-state index in [0.717, 1.165) is 11.6 Å². The Bertz CT molecular complexity index is 599. The number of nitrogens with one attached hydrogen (secondary N) is 1. The molecule has 0 aliphatic heterocycles. The van der Waals surface area contributed by atoms with Crippen LogP contribution in [-0.4, -0.2) is 10.9 Å². The molecule has 0 radical (unpaired) electrons. The highest BCUT2D eigenvalue weighted by Crippen LogP contribution is 2.13. The van der Waals surface area contributed by atoms with E-state index in [9.17, 15) is 9.18 Å². The number of carbonyl (C=O) groups excluding carboxylic acids is 1. The summed E-state index contributed by atoms with van der Waals surface area (Å²) in [6.45, 7) is 1.89. The number of aryl methyl sites for hydroxylation is 1. The van der Waals surface area contributed by atoms with Crippen LogP contribution in [0.5, 0.6) is 0 Å². The molecule has 92 valence electrons. The standard InChI is InChI=1S/C13H12FN3O/c1-8-4-5-16-12(6-8)17-13(18)9-2-3-11(15)10(14)7-9/h2-7H,15H2,1H3,(H,16,17,18). The lowest BCUT2D eigenvalue weighted by Crippen LogP contribution is -2.13. The topological polar surface area (TPSA) is 68.0 Å². The van der Waals surface area contributed by atoms with Crippen LogP contribution >= 0.6 is 0 Å². The van der Waals surface area contributed by atoms with Gasteiger partial charge in [0.15, 0.2) is 0 Å². The van der Waals surface area contributed by atoms with E-state index in [0.29, 0.717) is 5.82 Å². The van der Waals surface area contributed by atoms with Gasteiger partial charge in [0.2, 0.25) is 0 Å². The summed E-state index contributed by atoms with van der Waals surface area (Å²) in [5.41, 5.74) is 6.53. The van der Waals surface area contributed by atoms with Gasteiger partial charge in [-0.15, -0.1) is 0 Å². The van der Waals surface area contributed by atoms with Crippen molar-refractivity contribution in [2.24, 2.45) is 0 Å². The number of pyridine rings is 1. The van der Waals surface area contributed by atoms with Crippen LogP contribution in [0.3, 0.4) is 0 Å². The third-order valence-electron chi connectivity index (χ3n) is 2.42. The van der Waals surface area contributed by atoms with Gasteiger partial charge in [0.05, 0.1) is 5.69 Å². The molecule has 0 aliphatic carbocycles. The van der Waals surface area contributed by atoms with E-state index < -0.39 is 11.7 Å². The molecule has 1 heterocycles. The van der Waals surface area contributed by atoms with Gasteiger partial charge in [0, 0.05) is 11.8 Å². The molecule has 0 bridgehead atoms. The summed E-state index contributed by atoms with van der Waals surface area (Å²) in [6, 6.07) is 7.46. The first-order valence-electron chi connectivity index (χ1n) is 5.35. The number of halogens is 1. The van der Waals surface area contributed by atoms with Gasteiger partial charge in [0.25, 0.3) is 5.91 Å². The van der Waals surface area contributed by atoms with Crippen molar-refractivity contribution >= 4 is 17.4 Å².